The summed E-state index contributed by atoms with van der Waals surface area (Å²) in [6.45, 7) is 3.88. The summed E-state index contributed by atoms with van der Waals surface area (Å²) in [5.41, 5.74) is 3.32. The van der Waals surface area contributed by atoms with Crippen molar-refractivity contribution in [3.05, 3.63) is 48.0 Å². The predicted octanol–water partition coefficient (Wildman–Crippen LogP) is 3.89. The van der Waals surface area contributed by atoms with Crippen LogP contribution in [0, 0.1) is 11.3 Å². The molecule has 0 amide bonds. The van der Waals surface area contributed by atoms with Gasteiger partial charge in [0.15, 0.2) is 0 Å². The molecule has 0 saturated heterocycles. The smallest absolute Gasteiger partial charge is 0.138 e. The van der Waals surface area contributed by atoms with Gasteiger partial charge in [0.2, 0.25) is 0 Å². The molecule has 0 fully saturated rings. The van der Waals surface area contributed by atoms with Gasteiger partial charge >= 0.3 is 0 Å². The summed E-state index contributed by atoms with van der Waals surface area (Å²) >= 11 is 0. The van der Waals surface area contributed by atoms with Gasteiger partial charge in [-0.2, -0.15) is 10.4 Å². The number of aromatic nitrogens is 2. The number of H-pyrrole nitrogens is 1. The first-order valence-electron chi connectivity index (χ1n) is 6.83. The van der Waals surface area contributed by atoms with E-state index in [4.69, 9.17) is 4.74 Å². The molecule has 0 aliphatic heterocycles. The van der Waals surface area contributed by atoms with Gasteiger partial charge in [0.25, 0.3) is 0 Å². The van der Waals surface area contributed by atoms with Crippen molar-refractivity contribution in [2.75, 3.05) is 0 Å². The average molecular weight is 277 g/mol. The Kier molecular flexibility index (Phi) is 3.33. The van der Waals surface area contributed by atoms with Crippen molar-refractivity contribution >= 4 is 10.9 Å². The predicted molar refractivity (Wildman–Crippen MR) is 82.0 cm³/mol. The fourth-order valence-electron chi connectivity index (χ4n) is 2.30. The van der Waals surface area contributed by atoms with Crippen LogP contribution in [0.25, 0.3) is 22.2 Å². The third-order valence-electron chi connectivity index (χ3n) is 3.21. The molecule has 21 heavy (non-hydrogen) atoms. The molecule has 0 spiro atoms. The minimum Gasteiger partial charge on any atom is -0.490 e. The summed E-state index contributed by atoms with van der Waals surface area (Å²) in [6, 6.07) is 15.7. The van der Waals surface area contributed by atoms with Gasteiger partial charge in [-0.15, -0.1) is 0 Å². The SMILES string of the molecule is CC(C)Oc1cc(-c2n[nH]c3ccccc23)ccc1C#N. The minimum absolute atomic E-state index is 0.0169. The summed E-state index contributed by atoms with van der Waals surface area (Å²) in [6.07, 6.45) is 0.0169. The second kappa shape index (κ2) is 5.29. The average Bonchev–Trinajstić information content (AvgIpc) is 2.90. The van der Waals surface area contributed by atoms with E-state index in [2.05, 4.69) is 16.3 Å². The number of rotatable bonds is 3. The van der Waals surface area contributed by atoms with Crippen LogP contribution in [0.4, 0.5) is 0 Å². The van der Waals surface area contributed by atoms with Crippen LogP contribution < -0.4 is 4.74 Å². The Labute approximate surface area is 123 Å². The summed E-state index contributed by atoms with van der Waals surface area (Å²) in [5, 5.41) is 17.6. The maximum Gasteiger partial charge on any atom is 0.138 e. The van der Waals surface area contributed by atoms with Crippen LogP contribution in [0.3, 0.4) is 0 Å². The van der Waals surface area contributed by atoms with E-state index in [0.717, 1.165) is 22.2 Å². The summed E-state index contributed by atoms with van der Waals surface area (Å²) < 4.78 is 5.73. The number of nitrogens with zero attached hydrogens (tertiary/aromatic N) is 2. The van der Waals surface area contributed by atoms with Crippen LogP contribution in [-0.4, -0.2) is 16.3 Å². The molecule has 1 N–H and O–H groups in total. The van der Waals surface area contributed by atoms with E-state index < -0.39 is 0 Å². The lowest BCUT2D eigenvalue weighted by Gasteiger charge is -2.12. The maximum atomic E-state index is 9.17. The van der Waals surface area contributed by atoms with Gasteiger partial charge in [-0.1, -0.05) is 24.3 Å². The fraction of sp³-hybridized carbons (Fsp3) is 0.176. The molecule has 0 atom stereocenters. The number of ether oxygens (including phenoxy) is 1. The topological polar surface area (TPSA) is 61.7 Å². The van der Waals surface area contributed by atoms with Gasteiger partial charge in [-0.3, -0.25) is 5.10 Å². The fourth-order valence-corrected chi connectivity index (χ4v) is 2.30. The summed E-state index contributed by atoms with van der Waals surface area (Å²) in [5.74, 6) is 0.595. The molecule has 3 aromatic rings. The molecule has 2 aromatic carbocycles. The minimum atomic E-state index is 0.0169. The van der Waals surface area contributed by atoms with Crippen molar-refractivity contribution in [3.63, 3.8) is 0 Å². The van der Waals surface area contributed by atoms with Crippen molar-refractivity contribution in [1.29, 1.82) is 5.26 Å². The third kappa shape index (κ3) is 2.46. The van der Waals surface area contributed by atoms with Gasteiger partial charge in [0.05, 0.1) is 17.2 Å². The number of nitriles is 1. The van der Waals surface area contributed by atoms with E-state index >= 15 is 0 Å². The number of fused-ring (bicyclic) bond motifs is 1. The van der Waals surface area contributed by atoms with Crippen molar-refractivity contribution in [2.45, 2.75) is 20.0 Å². The molecule has 1 heterocycles. The molecule has 0 aliphatic rings. The van der Waals surface area contributed by atoms with Crippen molar-refractivity contribution in [2.24, 2.45) is 0 Å². The summed E-state index contributed by atoms with van der Waals surface area (Å²) in [7, 11) is 0. The molecular formula is C17H15N3O. The second-order valence-electron chi connectivity index (χ2n) is 5.11. The molecule has 0 bridgehead atoms. The van der Waals surface area contributed by atoms with Gasteiger partial charge in [0.1, 0.15) is 17.5 Å². The zero-order valence-electron chi connectivity index (χ0n) is 11.9. The molecule has 0 unspecified atom stereocenters. The van der Waals surface area contributed by atoms with Crippen molar-refractivity contribution in [1.82, 2.24) is 10.2 Å². The van der Waals surface area contributed by atoms with Crippen LogP contribution in [0.1, 0.15) is 19.4 Å². The van der Waals surface area contributed by atoms with Crippen LogP contribution in [0.5, 0.6) is 5.75 Å². The molecular weight excluding hydrogens is 262 g/mol. The van der Waals surface area contributed by atoms with E-state index in [1.165, 1.54) is 0 Å². The molecule has 4 nitrogen and oxygen atoms in total. The lowest BCUT2D eigenvalue weighted by Crippen LogP contribution is -2.06. The van der Waals surface area contributed by atoms with Crippen LogP contribution >= 0.6 is 0 Å². The Morgan fingerprint density at radius 2 is 2.00 bits per heavy atom. The molecule has 0 saturated carbocycles. The highest BCUT2D eigenvalue weighted by molar-refractivity contribution is 5.93. The Balaban J connectivity index is 2.13. The highest BCUT2D eigenvalue weighted by Gasteiger charge is 2.12. The van der Waals surface area contributed by atoms with E-state index in [1.54, 1.807) is 6.07 Å². The van der Waals surface area contributed by atoms with Gasteiger partial charge in [-0.05, 0) is 32.0 Å². The standard InChI is InChI=1S/C17H15N3O/c1-11(2)21-16-9-12(7-8-13(16)10-18)17-14-5-3-4-6-15(14)19-20-17/h3-9,11H,1-2H3,(H,19,20). The third-order valence-corrected chi connectivity index (χ3v) is 3.21. The molecule has 4 heteroatoms. The number of benzene rings is 2. The Bertz CT molecular complexity index is 827. The first kappa shape index (κ1) is 13.2. The lowest BCUT2D eigenvalue weighted by atomic mass is 10.1. The first-order chi connectivity index (χ1) is 10.2. The van der Waals surface area contributed by atoms with E-state index in [1.807, 2.05) is 50.2 Å². The monoisotopic (exact) mass is 277 g/mol. The van der Waals surface area contributed by atoms with Crippen LogP contribution in [0.15, 0.2) is 42.5 Å². The summed E-state index contributed by atoms with van der Waals surface area (Å²) in [4.78, 5) is 0. The maximum absolute atomic E-state index is 9.17. The molecule has 104 valence electrons. The van der Waals surface area contributed by atoms with E-state index in [9.17, 15) is 5.26 Å². The zero-order valence-corrected chi connectivity index (χ0v) is 11.9. The van der Waals surface area contributed by atoms with E-state index in [0.29, 0.717) is 11.3 Å². The Morgan fingerprint density at radius 3 is 2.76 bits per heavy atom. The highest BCUT2D eigenvalue weighted by Crippen LogP contribution is 2.30. The Morgan fingerprint density at radius 1 is 1.19 bits per heavy atom. The van der Waals surface area contributed by atoms with E-state index in [-0.39, 0.29) is 6.10 Å². The second-order valence-corrected chi connectivity index (χ2v) is 5.11. The Hall–Kier alpha value is -2.80. The number of aromatic amines is 1. The molecule has 0 radical (unpaired) electrons. The zero-order chi connectivity index (χ0) is 14.8. The lowest BCUT2D eigenvalue weighted by molar-refractivity contribution is 0.242. The van der Waals surface area contributed by atoms with Crippen LogP contribution in [-0.2, 0) is 0 Å². The first-order valence-corrected chi connectivity index (χ1v) is 6.83. The van der Waals surface area contributed by atoms with Crippen molar-refractivity contribution in [3.8, 4) is 23.1 Å². The normalized spacial score (nSPS) is 10.8. The number of nitrogens with one attached hydrogen (secondary N) is 1. The van der Waals surface area contributed by atoms with Gasteiger partial charge < -0.3 is 4.74 Å². The quantitative estimate of drug-likeness (QED) is 0.790. The largest absolute Gasteiger partial charge is 0.490 e. The number of para-hydroxylation sites is 1. The molecule has 3 rings (SSSR count). The van der Waals surface area contributed by atoms with Gasteiger partial charge in [-0.25, -0.2) is 0 Å². The molecule has 1 aromatic heterocycles. The molecule has 0 aliphatic carbocycles. The van der Waals surface area contributed by atoms with Crippen LogP contribution in [0.2, 0.25) is 0 Å². The van der Waals surface area contributed by atoms with Gasteiger partial charge in [0, 0.05) is 10.9 Å². The number of hydrogen-bond acceptors (Lipinski definition) is 3. The van der Waals surface area contributed by atoms with Crippen molar-refractivity contribution < 1.29 is 4.74 Å². The number of hydrogen-bond donors (Lipinski definition) is 1. The highest BCUT2D eigenvalue weighted by atomic mass is 16.5.